The Morgan fingerprint density at radius 1 is 0.946 bits per heavy atom. The van der Waals surface area contributed by atoms with Crippen LogP contribution in [0.4, 0.5) is 5.69 Å². The van der Waals surface area contributed by atoms with Crippen molar-refractivity contribution in [2.24, 2.45) is 0 Å². The van der Waals surface area contributed by atoms with Gasteiger partial charge in [-0.15, -0.1) is 0 Å². The summed E-state index contributed by atoms with van der Waals surface area (Å²) in [5, 5.41) is 22.3. The van der Waals surface area contributed by atoms with Crippen molar-refractivity contribution in [1.29, 1.82) is 0 Å². The molecule has 0 radical (unpaired) electrons. The SMILES string of the molecule is O=C(NCc1ccc(Br)cc1)c1ccc2c(c1)OCCN2Cc1ccc(-c2ccccc2C(O)O)cc1. The minimum absolute atomic E-state index is 0.143. The number of hydrogen-bond donors (Lipinski definition) is 3. The van der Waals surface area contributed by atoms with Gasteiger partial charge in [-0.3, -0.25) is 4.79 Å². The highest BCUT2D eigenvalue weighted by molar-refractivity contribution is 9.10. The third-order valence-electron chi connectivity index (χ3n) is 6.43. The Balaban J connectivity index is 1.27. The van der Waals surface area contributed by atoms with Crippen LogP contribution in [0.15, 0.2) is 95.5 Å². The van der Waals surface area contributed by atoms with Crippen molar-refractivity contribution in [3.05, 3.63) is 118 Å². The number of rotatable bonds is 7. The van der Waals surface area contributed by atoms with E-state index in [2.05, 4.69) is 38.3 Å². The molecule has 1 heterocycles. The smallest absolute Gasteiger partial charge is 0.251 e. The molecule has 0 atom stereocenters. The third-order valence-corrected chi connectivity index (χ3v) is 6.95. The Morgan fingerprint density at radius 3 is 2.43 bits per heavy atom. The lowest BCUT2D eigenvalue weighted by molar-refractivity contribution is -0.0420. The molecule has 0 aliphatic carbocycles. The molecule has 188 valence electrons. The molecule has 6 nitrogen and oxygen atoms in total. The maximum absolute atomic E-state index is 12.7. The largest absolute Gasteiger partial charge is 0.490 e. The lowest BCUT2D eigenvalue weighted by atomic mass is 9.98. The van der Waals surface area contributed by atoms with Gasteiger partial charge in [-0.2, -0.15) is 0 Å². The van der Waals surface area contributed by atoms with Crippen molar-refractivity contribution < 1.29 is 19.7 Å². The van der Waals surface area contributed by atoms with Gasteiger partial charge >= 0.3 is 0 Å². The quantitative estimate of drug-likeness (QED) is 0.263. The highest BCUT2D eigenvalue weighted by Crippen LogP contribution is 2.34. The van der Waals surface area contributed by atoms with Gasteiger partial charge in [0.15, 0.2) is 6.29 Å². The Hall–Kier alpha value is -3.65. The number of carbonyl (C=O) groups is 1. The van der Waals surface area contributed by atoms with Gasteiger partial charge < -0.3 is 25.2 Å². The van der Waals surface area contributed by atoms with Crippen molar-refractivity contribution in [3.63, 3.8) is 0 Å². The zero-order valence-electron chi connectivity index (χ0n) is 20.1. The summed E-state index contributed by atoms with van der Waals surface area (Å²) in [6, 6.07) is 28.8. The number of nitrogens with one attached hydrogen (secondary N) is 1. The van der Waals surface area contributed by atoms with Gasteiger partial charge in [0.05, 0.1) is 12.2 Å². The summed E-state index contributed by atoms with van der Waals surface area (Å²) >= 11 is 3.42. The lowest BCUT2D eigenvalue weighted by Gasteiger charge is -2.31. The molecule has 1 aliphatic heterocycles. The summed E-state index contributed by atoms with van der Waals surface area (Å²) in [5.74, 6) is 0.556. The second kappa shape index (κ2) is 11.2. The number of amides is 1. The molecule has 7 heteroatoms. The van der Waals surface area contributed by atoms with Crippen LogP contribution in [0, 0.1) is 0 Å². The van der Waals surface area contributed by atoms with E-state index in [1.165, 1.54) is 0 Å². The summed E-state index contributed by atoms with van der Waals surface area (Å²) < 4.78 is 6.90. The van der Waals surface area contributed by atoms with Crippen LogP contribution in [0.25, 0.3) is 11.1 Å². The van der Waals surface area contributed by atoms with Crippen molar-refractivity contribution in [1.82, 2.24) is 5.32 Å². The number of ether oxygens (including phenoxy) is 1. The third kappa shape index (κ3) is 5.85. The zero-order valence-corrected chi connectivity index (χ0v) is 21.7. The average Bonchev–Trinajstić information content (AvgIpc) is 2.93. The van der Waals surface area contributed by atoms with E-state index in [9.17, 15) is 15.0 Å². The van der Waals surface area contributed by atoms with Gasteiger partial charge in [0.1, 0.15) is 12.4 Å². The van der Waals surface area contributed by atoms with E-state index in [0.29, 0.717) is 36.6 Å². The zero-order chi connectivity index (χ0) is 25.8. The van der Waals surface area contributed by atoms with E-state index >= 15 is 0 Å². The van der Waals surface area contributed by atoms with E-state index in [-0.39, 0.29) is 5.91 Å². The fourth-order valence-electron chi connectivity index (χ4n) is 4.46. The van der Waals surface area contributed by atoms with Crippen LogP contribution in [-0.2, 0) is 13.1 Å². The molecular formula is C30H27BrN2O4. The second-order valence-electron chi connectivity index (χ2n) is 8.92. The first-order valence-electron chi connectivity index (χ1n) is 12.1. The van der Waals surface area contributed by atoms with Gasteiger partial charge in [0, 0.05) is 28.7 Å². The molecule has 1 amide bonds. The first kappa shape index (κ1) is 25.0. The van der Waals surface area contributed by atoms with Crippen molar-refractivity contribution in [2.75, 3.05) is 18.1 Å². The maximum Gasteiger partial charge on any atom is 0.251 e. The molecule has 5 rings (SSSR count). The molecule has 37 heavy (non-hydrogen) atoms. The summed E-state index contributed by atoms with van der Waals surface area (Å²) in [6.07, 6.45) is -1.52. The molecule has 0 saturated heterocycles. The molecule has 0 bridgehead atoms. The molecule has 3 N–H and O–H groups in total. The fraction of sp³-hybridized carbons (Fsp3) is 0.167. The van der Waals surface area contributed by atoms with Crippen LogP contribution in [0.5, 0.6) is 5.75 Å². The Bertz CT molecular complexity index is 1390. The number of halogens is 1. The molecule has 0 fully saturated rings. The number of hydrogen-bond acceptors (Lipinski definition) is 5. The predicted octanol–water partition coefficient (Wildman–Crippen LogP) is 5.43. The van der Waals surface area contributed by atoms with Crippen molar-refractivity contribution in [3.8, 4) is 16.9 Å². The first-order valence-corrected chi connectivity index (χ1v) is 12.9. The van der Waals surface area contributed by atoms with Crippen LogP contribution in [0.1, 0.15) is 33.3 Å². The van der Waals surface area contributed by atoms with E-state index in [1.807, 2.05) is 60.7 Å². The second-order valence-corrected chi connectivity index (χ2v) is 9.84. The number of aliphatic hydroxyl groups excluding tert-OH is 1. The summed E-state index contributed by atoms with van der Waals surface area (Å²) in [6.45, 7) is 2.42. The van der Waals surface area contributed by atoms with E-state index in [0.717, 1.165) is 39.0 Å². The Kier molecular flexibility index (Phi) is 7.55. The molecule has 1 aliphatic rings. The number of benzene rings is 4. The minimum atomic E-state index is -1.52. The number of anilines is 1. The normalized spacial score (nSPS) is 12.7. The van der Waals surface area contributed by atoms with Crippen LogP contribution in [0.2, 0.25) is 0 Å². The first-order chi connectivity index (χ1) is 18.0. The Morgan fingerprint density at radius 2 is 1.68 bits per heavy atom. The fourth-order valence-corrected chi connectivity index (χ4v) is 4.73. The van der Waals surface area contributed by atoms with E-state index < -0.39 is 6.29 Å². The van der Waals surface area contributed by atoms with Gasteiger partial charge in [0.25, 0.3) is 5.91 Å². The highest BCUT2D eigenvalue weighted by Gasteiger charge is 2.20. The van der Waals surface area contributed by atoms with E-state index in [4.69, 9.17) is 4.74 Å². The molecule has 4 aromatic carbocycles. The van der Waals surface area contributed by atoms with E-state index in [1.54, 1.807) is 18.2 Å². The summed E-state index contributed by atoms with van der Waals surface area (Å²) in [7, 11) is 0. The molecular weight excluding hydrogens is 532 g/mol. The average molecular weight is 559 g/mol. The summed E-state index contributed by atoms with van der Waals surface area (Å²) in [5.41, 5.74) is 5.86. The van der Waals surface area contributed by atoms with Crippen LogP contribution < -0.4 is 15.0 Å². The summed E-state index contributed by atoms with van der Waals surface area (Å²) in [4.78, 5) is 15.0. The van der Waals surface area contributed by atoms with Gasteiger partial charge in [-0.25, -0.2) is 0 Å². The molecule has 4 aromatic rings. The van der Waals surface area contributed by atoms with Crippen molar-refractivity contribution in [2.45, 2.75) is 19.4 Å². The monoisotopic (exact) mass is 558 g/mol. The standard InChI is InChI=1S/C30H27BrN2O4/c31-24-12-7-20(8-13-24)18-32-29(34)23-11-14-27-28(17-23)37-16-15-33(27)19-21-5-9-22(10-6-21)25-3-1-2-4-26(25)30(35)36/h1-14,17,30,35-36H,15-16,18-19H2,(H,32,34). The number of fused-ring (bicyclic) bond motifs is 1. The molecule has 0 saturated carbocycles. The Labute approximate surface area is 224 Å². The topological polar surface area (TPSA) is 82.0 Å². The minimum Gasteiger partial charge on any atom is -0.490 e. The van der Waals surface area contributed by atoms with Gasteiger partial charge in [0.2, 0.25) is 0 Å². The number of carbonyl (C=O) groups excluding carboxylic acids is 1. The van der Waals surface area contributed by atoms with Crippen LogP contribution in [0.3, 0.4) is 0 Å². The van der Waals surface area contributed by atoms with Gasteiger partial charge in [-0.1, -0.05) is 76.6 Å². The molecule has 0 spiro atoms. The molecule has 0 aromatic heterocycles. The lowest BCUT2D eigenvalue weighted by Crippen LogP contribution is -2.32. The maximum atomic E-state index is 12.7. The van der Waals surface area contributed by atoms with Crippen LogP contribution in [-0.4, -0.2) is 29.3 Å². The van der Waals surface area contributed by atoms with Crippen molar-refractivity contribution >= 4 is 27.5 Å². The van der Waals surface area contributed by atoms with Crippen LogP contribution >= 0.6 is 15.9 Å². The molecule has 0 unspecified atom stereocenters. The predicted molar refractivity (Wildman–Crippen MR) is 147 cm³/mol. The highest BCUT2D eigenvalue weighted by atomic mass is 79.9. The van der Waals surface area contributed by atoms with Gasteiger partial charge in [-0.05, 0) is 52.6 Å². The number of aliphatic hydroxyl groups is 2. The number of nitrogens with zero attached hydrogens (tertiary/aromatic N) is 1.